The maximum absolute atomic E-state index is 13.2. The molecule has 1 N–H and O–H groups in total. The molecule has 3 aromatic rings. The van der Waals surface area contributed by atoms with E-state index >= 15 is 0 Å². The average Bonchev–Trinajstić information content (AvgIpc) is 3.23. The predicted molar refractivity (Wildman–Crippen MR) is 138 cm³/mol. The van der Waals surface area contributed by atoms with Gasteiger partial charge in [-0.2, -0.15) is 9.61 Å². The highest BCUT2D eigenvalue weighted by Crippen LogP contribution is 2.31. The Morgan fingerprint density at radius 3 is 2.65 bits per heavy atom. The quantitative estimate of drug-likeness (QED) is 0.375. The molecule has 1 amide bonds. The molecule has 1 aliphatic rings. The van der Waals surface area contributed by atoms with Gasteiger partial charge in [0, 0.05) is 62.5 Å². The number of carbonyl (C=O) groups is 1. The number of hydrogen-bond acceptors (Lipinski definition) is 6. The molecule has 1 saturated heterocycles. The van der Waals surface area contributed by atoms with E-state index in [9.17, 15) is 4.79 Å². The molecule has 0 spiro atoms. The molecule has 0 aromatic carbocycles. The van der Waals surface area contributed by atoms with Crippen molar-refractivity contribution in [3.05, 3.63) is 63.7 Å². The van der Waals surface area contributed by atoms with Gasteiger partial charge in [-0.1, -0.05) is 11.6 Å². The number of anilines is 1. The van der Waals surface area contributed by atoms with Gasteiger partial charge in [0.25, 0.3) is 5.91 Å². The van der Waals surface area contributed by atoms with Gasteiger partial charge < -0.3 is 10.2 Å². The van der Waals surface area contributed by atoms with Gasteiger partial charge in [0.1, 0.15) is 5.82 Å². The van der Waals surface area contributed by atoms with Gasteiger partial charge in [-0.15, -0.1) is 0 Å². The van der Waals surface area contributed by atoms with E-state index in [1.807, 2.05) is 48.5 Å². The number of nitrogens with zero attached hydrogens (tertiary/aromatic N) is 6. The Labute approximate surface area is 208 Å². The van der Waals surface area contributed by atoms with E-state index in [2.05, 4.69) is 42.4 Å². The van der Waals surface area contributed by atoms with Gasteiger partial charge in [0.2, 0.25) is 0 Å². The molecule has 1 fully saturated rings. The van der Waals surface area contributed by atoms with Crippen LogP contribution < -0.4 is 5.32 Å². The van der Waals surface area contributed by atoms with Crippen LogP contribution in [-0.4, -0.2) is 56.2 Å². The SMILES string of the molecule is CN=C(C)C(C(=O)N1CCC(c2cc(NCc3cccnc3)n3ncc(Br)c3n2)CC1)=C(C)C. The first-order valence-electron chi connectivity index (χ1n) is 11.5. The number of amides is 1. The van der Waals surface area contributed by atoms with E-state index in [-0.39, 0.29) is 11.8 Å². The number of aliphatic imine (C=N–C) groups is 1. The van der Waals surface area contributed by atoms with Gasteiger partial charge in [0.05, 0.1) is 16.2 Å². The molecule has 0 aliphatic carbocycles. The second-order valence-electron chi connectivity index (χ2n) is 8.76. The maximum atomic E-state index is 13.2. The molecule has 0 unspecified atom stereocenters. The summed E-state index contributed by atoms with van der Waals surface area (Å²) in [6.45, 7) is 7.87. The van der Waals surface area contributed by atoms with Crippen LogP contribution in [0.15, 0.2) is 57.4 Å². The lowest BCUT2D eigenvalue weighted by Crippen LogP contribution is -2.40. The van der Waals surface area contributed by atoms with Crippen LogP contribution in [0, 0.1) is 0 Å². The van der Waals surface area contributed by atoms with E-state index in [0.29, 0.717) is 19.6 Å². The summed E-state index contributed by atoms with van der Waals surface area (Å²) in [7, 11) is 1.73. The highest BCUT2D eigenvalue weighted by molar-refractivity contribution is 9.10. The Hall–Kier alpha value is -3.07. The minimum atomic E-state index is 0.0716. The topological polar surface area (TPSA) is 87.8 Å². The first kappa shape index (κ1) is 24.1. The molecule has 0 bridgehead atoms. The van der Waals surface area contributed by atoms with Crippen LogP contribution in [0.1, 0.15) is 50.8 Å². The summed E-state index contributed by atoms with van der Waals surface area (Å²) in [6.07, 6.45) is 7.11. The summed E-state index contributed by atoms with van der Waals surface area (Å²) in [5.74, 6) is 1.22. The minimum Gasteiger partial charge on any atom is -0.366 e. The number of aromatic nitrogens is 4. The largest absolute Gasteiger partial charge is 0.366 e. The molecule has 1 aliphatic heterocycles. The first-order valence-corrected chi connectivity index (χ1v) is 12.3. The van der Waals surface area contributed by atoms with E-state index in [1.165, 1.54) is 0 Å². The minimum absolute atomic E-state index is 0.0716. The van der Waals surface area contributed by atoms with Gasteiger partial charge in [-0.3, -0.25) is 14.8 Å². The number of allylic oxidation sites excluding steroid dienone is 1. The zero-order valence-corrected chi connectivity index (χ0v) is 21.6. The van der Waals surface area contributed by atoms with Crippen molar-refractivity contribution < 1.29 is 4.79 Å². The smallest absolute Gasteiger partial charge is 0.255 e. The van der Waals surface area contributed by atoms with E-state index in [4.69, 9.17) is 4.98 Å². The van der Waals surface area contributed by atoms with Gasteiger partial charge in [0.15, 0.2) is 5.65 Å². The maximum Gasteiger partial charge on any atom is 0.255 e. The Bertz CT molecular complexity index is 1240. The van der Waals surface area contributed by atoms with Crippen LogP contribution >= 0.6 is 15.9 Å². The zero-order chi connectivity index (χ0) is 24.2. The highest BCUT2D eigenvalue weighted by atomic mass is 79.9. The van der Waals surface area contributed by atoms with Crippen molar-refractivity contribution in [2.24, 2.45) is 4.99 Å². The lowest BCUT2D eigenvalue weighted by atomic mass is 9.92. The number of likely N-dealkylation sites (tertiary alicyclic amines) is 1. The summed E-state index contributed by atoms with van der Waals surface area (Å²) in [5.41, 5.74) is 5.40. The number of fused-ring (bicyclic) bond motifs is 1. The molecule has 9 heteroatoms. The van der Waals surface area contributed by atoms with Crippen LogP contribution in [0.25, 0.3) is 5.65 Å². The standard InChI is InChI=1S/C25H30BrN7O/c1-16(2)23(17(3)27-4)25(34)32-10-7-19(8-11-32)21-12-22(29-14-18-6-5-9-28-13-18)33-24(31-21)20(26)15-30-33/h5-6,9,12-13,15,19,29H,7-8,10-11,14H2,1-4H3. The second-order valence-corrected chi connectivity index (χ2v) is 9.61. The predicted octanol–water partition coefficient (Wildman–Crippen LogP) is 4.63. The van der Waals surface area contributed by atoms with Crippen LogP contribution in [-0.2, 0) is 11.3 Å². The lowest BCUT2D eigenvalue weighted by Gasteiger charge is -2.33. The number of carbonyl (C=O) groups excluding carboxylic acids is 1. The van der Waals surface area contributed by atoms with Gasteiger partial charge in [-0.05, 0) is 61.2 Å². The van der Waals surface area contributed by atoms with Gasteiger partial charge in [-0.25, -0.2) is 4.98 Å². The number of hydrogen-bond donors (Lipinski definition) is 1. The fourth-order valence-electron chi connectivity index (χ4n) is 4.36. The molecule has 178 valence electrons. The number of nitrogens with one attached hydrogen (secondary N) is 1. The first-order chi connectivity index (χ1) is 16.4. The van der Waals surface area contributed by atoms with Crippen molar-refractivity contribution in [2.75, 3.05) is 25.5 Å². The van der Waals surface area contributed by atoms with Gasteiger partial charge >= 0.3 is 0 Å². The highest BCUT2D eigenvalue weighted by Gasteiger charge is 2.28. The fraction of sp³-hybridized carbons (Fsp3) is 0.400. The fourth-order valence-corrected chi connectivity index (χ4v) is 4.71. The molecule has 8 nitrogen and oxygen atoms in total. The molecule has 0 saturated carbocycles. The summed E-state index contributed by atoms with van der Waals surface area (Å²) < 4.78 is 2.67. The van der Waals surface area contributed by atoms with E-state index < -0.39 is 0 Å². The third kappa shape index (κ3) is 5.04. The van der Waals surface area contributed by atoms with Crippen molar-refractivity contribution in [1.82, 2.24) is 24.5 Å². The van der Waals surface area contributed by atoms with Crippen molar-refractivity contribution in [2.45, 2.75) is 46.1 Å². The number of pyridine rings is 1. The molecule has 0 radical (unpaired) electrons. The van der Waals surface area contributed by atoms with Crippen LogP contribution in [0.3, 0.4) is 0 Å². The van der Waals surface area contributed by atoms with E-state index in [1.54, 1.807) is 19.4 Å². The van der Waals surface area contributed by atoms with Crippen LogP contribution in [0.5, 0.6) is 0 Å². The molecule has 3 aromatic heterocycles. The van der Waals surface area contributed by atoms with Crippen molar-refractivity contribution in [1.29, 1.82) is 0 Å². The van der Waals surface area contributed by atoms with Crippen LogP contribution in [0.4, 0.5) is 5.82 Å². The third-order valence-electron chi connectivity index (χ3n) is 6.26. The summed E-state index contributed by atoms with van der Waals surface area (Å²) >= 11 is 3.58. The zero-order valence-electron chi connectivity index (χ0n) is 20.0. The molecule has 4 heterocycles. The van der Waals surface area contributed by atoms with E-state index in [0.717, 1.165) is 56.9 Å². The Morgan fingerprint density at radius 2 is 2.00 bits per heavy atom. The summed E-state index contributed by atoms with van der Waals surface area (Å²) in [5, 5.41) is 7.96. The molecule has 0 atom stereocenters. The van der Waals surface area contributed by atoms with Crippen LogP contribution in [0.2, 0.25) is 0 Å². The normalized spacial score (nSPS) is 15.0. The molecular weight excluding hydrogens is 494 g/mol. The average molecular weight is 524 g/mol. The van der Waals surface area contributed by atoms with Crippen molar-refractivity contribution in [3.8, 4) is 0 Å². The van der Waals surface area contributed by atoms with Crippen molar-refractivity contribution in [3.63, 3.8) is 0 Å². The second kappa shape index (κ2) is 10.5. The number of rotatable bonds is 6. The monoisotopic (exact) mass is 523 g/mol. The molecule has 34 heavy (non-hydrogen) atoms. The Morgan fingerprint density at radius 1 is 1.24 bits per heavy atom. The van der Waals surface area contributed by atoms with Crippen molar-refractivity contribution >= 4 is 39.0 Å². The molecular formula is C25H30BrN7O. The Balaban J connectivity index is 1.53. The summed E-state index contributed by atoms with van der Waals surface area (Å²) in [4.78, 5) is 28.5. The molecule has 4 rings (SSSR count). The lowest BCUT2D eigenvalue weighted by molar-refractivity contribution is -0.127. The number of piperidine rings is 1. The Kier molecular flexibility index (Phi) is 7.41. The summed E-state index contributed by atoms with van der Waals surface area (Å²) in [6, 6.07) is 6.05. The number of halogens is 1. The third-order valence-corrected chi connectivity index (χ3v) is 6.82.